The highest BCUT2D eigenvalue weighted by atomic mass is 16.2. The van der Waals surface area contributed by atoms with E-state index in [0.717, 1.165) is 50.2 Å². The van der Waals surface area contributed by atoms with Gasteiger partial charge >= 0.3 is 0 Å². The van der Waals surface area contributed by atoms with Crippen molar-refractivity contribution in [3.05, 3.63) is 66.0 Å². The number of nitrogens with zero attached hydrogens (tertiary/aromatic N) is 4. The molecule has 1 amide bonds. The quantitative estimate of drug-likeness (QED) is 0.492. The Kier molecular flexibility index (Phi) is 6.59. The number of amides is 1. The maximum atomic E-state index is 12.9. The van der Waals surface area contributed by atoms with E-state index in [-0.39, 0.29) is 11.3 Å². The maximum absolute atomic E-state index is 12.9. The molecule has 0 aliphatic carbocycles. The number of hydrogen-bond donors (Lipinski definition) is 1. The zero-order valence-corrected chi connectivity index (χ0v) is 23.3. The van der Waals surface area contributed by atoms with Gasteiger partial charge in [0.2, 0.25) is 5.91 Å². The fourth-order valence-electron chi connectivity index (χ4n) is 7.81. The number of likely N-dealkylation sites (tertiary alicyclic amines) is 1. The van der Waals surface area contributed by atoms with E-state index in [0.29, 0.717) is 18.1 Å². The molecule has 0 unspecified atom stereocenters. The monoisotopic (exact) mass is 513 g/mol. The lowest BCUT2D eigenvalue weighted by Gasteiger charge is -2.46. The van der Waals surface area contributed by atoms with Crippen molar-refractivity contribution in [1.82, 2.24) is 19.4 Å². The van der Waals surface area contributed by atoms with Crippen LogP contribution in [0.5, 0.6) is 0 Å². The zero-order valence-electron chi connectivity index (χ0n) is 23.3. The SMILES string of the molecule is Cc1nc2ccccc2n1[C@H]1C[C@H]2CC[C@@H](C1)N2CCC1(c2ccccc2)CCN(C(=O)C(C)(C)N)CC1. The molecule has 4 heterocycles. The normalized spacial score (nSPS) is 25.7. The van der Waals surface area contributed by atoms with Gasteiger partial charge in [-0.25, -0.2) is 4.98 Å². The van der Waals surface area contributed by atoms with E-state index in [1.54, 1.807) is 0 Å². The number of imidazole rings is 1. The molecule has 0 saturated carbocycles. The molecule has 3 aliphatic rings. The molecular weight excluding hydrogens is 470 g/mol. The second-order valence-corrected chi connectivity index (χ2v) is 12.7. The smallest absolute Gasteiger partial charge is 0.242 e. The molecule has 38 heavy (non-hydrogen) atoms. The Morgan fingerprint density at radius 2 is 1.61 bits per heavy atom. The first kappa shape index (κ1) is 25.6. The summed E-state index contributed by atoms with van der Waals surface area (Å²) in [4.78, 5) is 22.6. The molecule has 3 aromatic rings. The largest absolute Gasteiger partial charge is 0.341 e. The lowest BCUT2D eigenvalue weighted by Crippen LogP contribution is -2.55. The minimum atomic E-state index is -0.810. The lowest BCUT2D eigenvalue weighted by atomic mass is 9.70. The van der Waals surface area contributed by atoms with Crippen LogP contribution in [-0.4, -0.2) is 62.5 Å². The highest BCUT2D eigenvalue weighted by Crippen LogP contribution is 2.45. The van der Waals surface area contributed by atoms with Crippen LogP contribution in [0.4, 0.5) is 0 Å². The van der Waals surface area contributed by atoms with Crippen LogP contribution in [0.3, 0.4) is 0 Å². The molecule has 3 aliphatic heterocycles. The third-order valence-electron chi connectivity index (χ3n) is 9.79. The van der Waals surface area contributed by atoms with Gasteiger partial charge in [-0.3, -0.25) is 9.69 Å². The molecule has 1 aromatic heterocycles. The number of carbonyl (C=O) groups excluding carboxylic acids is 1. The van der Waals surface area contributed by atoms with Crippen molar-refractivity contribution in [1.29, 1.82) is 0 Å². The van der Waals surface area contributed by atoms with Gasteiger partial charge in [0.15, 0.2) is 0 Å². The van der Waals surface area contributed by atoms with Crippen molar-refractivity contribution in [3.8, 4) is 0 Å². The standard InChI is InChI=1S/C32H43N5O/c1-23-34-28-11-7-8-12-29(28)37(23)27-21-25-13-14-26(22-27)36(25)20-17-32(24-9-5-4-6-10-24)15-18-35(19-16-32)30(38)31(2,3)33/h4-12,25-27H,13-22,33H2,1-3H3/t25-,26+,27+. The highest BCUT2D eigenvalue weighted by molar-refractivity contribution is 5.85. The Labute approximate surface area is 227 Å². The number of nitrogens with two attached hydrogens (primary N) is 1. The average Bonchev–Trinajstić information content (AvgIpc) is 3.38. The Morgan fingerprint density at radius 1 is 0.974 bits per heavy atom. The highest BCUT2D eigenvalue weighted by Gasteiger charge is 2.44. The third kappa shape index (κ3) is 4.56. The van der Waals surface area contributed by atoms with Gasteiger partial charge in [0, 0.05) is 31.2 Å². The number of fused-ring (bicyclic) bond motifs is 3. The molecule has 2 aromatic carbocycles. The van der Waals surface area contributed by atoms with Gasteiger partial charge in [-0.05, 0) is 95.4 Å². The van der Waals surface area contributed by atoms with Crippen LogP contribution in [-0.2, 0) is 10.2 Å². The Bertz CT molecular complexity index is 1270. The lowest BCUT2D eigenvalue weighted by molar-refractivity contribution is -0.137. The summed E-state index contributed by atoms with van der Waals surface area (Å²) in [6.45, 7) is 8.52. The van der Waals surface area contributed by atoms with Crippen molar-refractivity contribution in [3.63, 3.8) is 0 Å². The topological polar surface area (TPSA) is 67.4 Å². The van der Waals surface area contributed by atoms with Crippen molar-refractivity contribution in [2.75, 3.05) is 19.6 Å². The fraction of sp³-hybridized carbons (Fsp3) is 0.562. The van der Waals surface area contributed by atoms with Crippen LogP contribution in [0.15, 0.2) is 54.6 Å². The number of para-hydroxylation sites is 2. The van der Waals surface area contributed by atoms with Gasteiger partial charge in [0.05, 0.1) is 16.6 Å². The maximum Gasteiger partial charge on any atom is 0.242 e. The van der Waals surface area contributed by atoms with Gasteiger partial charge in [-0.2, -0.15) is 0 Å². The summed E-state index contributed by atoms with van der Waals surface area (Å²) in [6, 6.07) is 21.5. The number of piperidine rings is 2. The number of benzene rings is 2. The number of carbonyl (C=O) groups is 1. The van der Waals surface area contributed by atoms with Gasteiger partial charge in [0.1, 0.15) is 5.82 Å². The second-order valence-electron chi connectivity index (χ2n) is 12.7. The van der Waals surface area contributed by atoms with E-state index >= 15 is 0 Å². The zero-order chi connectivity index (χ0) is 26.5. The minimum Gasteiger partial charge on any atom is -0.341 e. The second kappa shape index (κ2) is 9.80. The summed E-state index contributed by atoms with van der Waals surface area (Å²) < 4.78 is 2.52. The minimum absolute atomic E-state index is 0.0709. The van der Waals surface area contributed by atoms with E-state index in [1.807, 2.05) is 18.7 Å². The molecule has 0 spiro atoms. The number of aromatic nitrogens is 2. The van der Waals surface area contributed by atoms with Gasteiger partial charge in [0.25, 0.3) is 0 Å². The van der Waals surface area contributed by atoms with E-state index < -0.39 is 5.54 Å². The van der Waals surface area contributed by atoms with Crippen molar-refractivity contribution in [2.24, 2.45) is 5.73 Å². The predicted molar refractivity (Wildman–Crippen MR) is 153 cm³/mol. The molecule has 6 nitrogen and oxygen atoms in total. The Morgan fingerprint density at radius 3 is 2.26 bits per heavy atom. The van der Waals surface area contributed by atoms with Crippen LogP contribution in [0.1, 0.15) is 76.2 Å². The molecule has 3 atom stereocenters. The van der Waals surface area contributed by atoms with Crippen molar-refractivity contribution in [2.45, 2.75) is 94.8 Å². The number of hydrogen-bond acceptors (Lipinski definition) is 4. The van der Waals surface area contributed by atoms with Crippen molar-refractivity contribution < 1.29 is 4.79 Å². The summed E-state index contributed by atoms with van der Waals surface area (Å²) in [5.74, 6) is 1.22. The van der Waals surface area contributed by atoms with E-state index in [9.17, 15) is 4.79 Å². The van der Waals surface area contributed by atoms with Crippen LogP contribution in [0.25, 0.3) is 11.0 Å². The third-order valence-corrected chi connectivity index (χ3v) is 9.79. The molecule has 2 N–H and O–H groups in total. The Hall–Kier alpha value is -2.70. The van der Waals surface area contributed by atoms with E-state index in [2.05, 4.69) is 71.0 Å². The molecule has 3 saturated heterocycles. The van der Waals surface area contributed by atoms with Crippen LogP contribution < -0.4 is 5.73 Å². The van der Waals surface area contributed by atoms with Crippen LogP contribution >= 0.6 is 0 Å². The average molecular weight is 514 g/mol. The summed E-state index contributed by atoms with van der Waals surface area (Å²) >= 11 is 0. The molecule has 0 radical (unpaired) electrons. The molecular formula is C32H43N5O. The predicted octanol–water partition coefficient (Wildman–Crippen LogP) is 5.20. The van der Waals surface area contributed by atoms with Crippen molar-refractivity contribution >= 4 is 16.9 Å². The first-order valence-electron chi connectivity index (χ1n) is 14.6. The number of aryl methyl sites for hydroxylation is 1. The van der Waals surface area contributed by atoms with Gasteiger partial charge < -0.3 is 15.2 Å². The van der Waals surface area contributed by atoms with E-state index in [1.165, 1.54) is 36.8 Å². The number of rotatable bonds is 6. The van der Waals surface area contributed by atoms with Gasteiger partial charge in [-0.15, -0.1) is 0 Å². The molecule has 202 valence electrons. The first-order chi connectivity index (χ1) is 18.2. The Balaban J connectivity index is 1.17. The summed E-state index contributed by atoms with van der Waals surface area (Å²) in [6.07, 6.45) is 8.19. The fourth-order valence-corrected chi connectivity index (χ4v) is 7.81. The molecule has 6 heteroatoms. The van der Waals surface area contributed by atoms with Gasteiger partial charge in [-0.1, -0.05) is 42.5 Å². The van der Waals surface area contributed by atoms with Crippen LogP contribution in [0, 0.1) is 6.92 Å². The molecule has 2 bridgehead atoms. The van der Waals surface area contributed by atoms with E-state index in [4.69, 9.17) is 10.7 Å². The molecule has 6 rings (SSSR count). The summed E-state index contributed by atoms with van der Waals surface area (Å²) in [5, 5.41) is 0. The summed E-state index contributed by atoms with van der Waals surface area (Å²) in [5.41, 5.74) is 9.31. The molecule has 3 fully saturated rings. The first-order valence-corrected chi connectivity index (χ1v) is 14.6. The van der Waals surface area contributed by atoms with Crippen LogP contribution in [0.2, 0.25) is 0 Å². The summed E-state index contributed by atoms with van der Waals surface area (Å²) in [7, 11) is 0.